The molecule has 0 unspecified atom stereocenters. The molecule has 0 aliphatic rings. The topological polar surface area (TPSA) is 0 Å². The summed E-state index contributed by atoms with van der Waals surface area (Å²) in [5, 5.41) is 9.33. The summed E-state index contributed by atoms with van der Waals surface area (Å²) in [6, 6.07) is 51.5. The molecular weight excluding hydrogens is 497 g/mol. The van der Waals surface area contributed by atoms with Crippen LogP contribution in [0.5, 0.6) is 0 Å². The van der Waals surface area contributed by atoms with E-state index in [9.17, 15) is 0 Å². The van der Waals surface area contributed by atoms with Crippen LogP contribution in [0.25, 0.3) is 65.7 Å². The lowest BCUT2D eigenvalue weighted by Gasteiger charge is -2.22. The van der Waals surface area contributed by atoms with Crippen LogP contribution in [0.3, 0.4) is 0 Å². The minimum absolute atomic E-state index is 1.24. The molecule has 1 heteroatoms. The second kappa shape index (κ2) is 9.62. The van der Waals surface area contributed by atoms with Gasteiger partial charge in [-0.05, 0) is 65.7 Å². The van der Waals surface area contributed by atoms with E-state index < -0.39 is 8.07 Å². The Morgan fingerprint density at radius 1 is 0.375 bits per heavy atom. The minimum atomic E-state index is -1.54. The van der Waals surface area contributed by atoms with E-state index in [0.29, 0.717) is 0 Å². The Labute approximate surface area is 237 Å². The van der Waals surface area contributed by atoms with Gasteiger partial charge in [0.25, 0.3) is 0 Å². The number of fused-ring (bicyclic) bond motifs is 3. The second-order valence-electron chi connectivity index (χ2n) is 11.8. The molecule has 0 fully saturated rings. The smallest absolute Gasteiger partial charge is 0.0656 e. The van der Waals surface area contributed by atoms with Crippen LogP contribution in [-0.2, 0) is 0 Å². The zero-order chi connectivity index (χ0) is 27.3. The molecule has 7 aromatic carbocycles. The van der Waals surface area contributed by atoms with Crippen molar-refractivity contribution in [3.8, 4) is 33.4 Å². The van der Waals surface area contributed by atoms with Crippen LogP contribution in [0.1, 0.15) is 0 Å². The third-order valence-electron chi connectivity index (χ3n) is 8.23. The van der Waals surface area contributed by atoms with Gasteiger partial charge in [-0.2, -0.15) is 0 Å². The average molecular weight is 529 g/mol. The van der Waals surface area contributed by atoms with E-state index in [4.69, 9.17) is 0 Å². The van der Waals surface area contributed by atoms with Crippen molar-refractivity contribution in [2.45, 2.75) is 19.6 Å². The van der Waals surface area contributed by atoms with Gasteiger partial charge in [-0.15, -0.1) is 0 Å². The van der Waals surface area contributed by atoms with E-state index >= 15 is 0 Å². The molecule has 192 valence electrons. The summed E-state index contributed by atoms with van der Waals surface area (Å²) in [4.78, 5) is 0. The lowest BCUT2D eigenvalue weighted by atomic mass is 9.84. The third-order valence-corrected chi connectivity index (χ3v) is 10.3. The number of benzene rings is 7. The van der Waals surface area contributed by atoms with Gasteiger partial charge in [-0.3, -0.25) is 0 Å². The molecule has 0 atom stereocenters. The molecule has 0 aromatic heterocycles. The van der Waals surface area contributed by atoms with Crippen molar-refractivity contribution in [1.82, 2.24) is 0 Å². The number of rotatable bonds is 4. The molecule has 0 amide bonds. The van der Waals surface area contributed by atoms with Crippen molar-refractivity contribution < 1.29 is 0 Å². The molecule has 0 radical (unpaired) electrons. The molecule has 0 heterocycles. The fourth-order valence-electron chi connectivity index (χ4n) is 6.15. The van der Waals surface area contributed by atoms with Gasteiger partial charge >= 0.3 is 0 Å². The van der Waals surface area contributed by atoms with Gasteiger partial charge in [0.2, 0.25) is 0 Å². The van der Waals surface area contributed by atoms with Crippen molar-refractivity contribution in [3.05, 3.63) is 140 Å². The lowest BCUT2D eigenvalue weighted by molar-refractivity contribution is 1.61. The molecule has 40 heavy (non-hydrogen) atoms. The molecule has 7 aromatic rings. The third kappa shape index (κ3) is 4.15. The first kappa shape index (κ1) is 24.6. The van der Waals surface area contributed by atoms with E-state index in [-0.39, 0.29) is 0 Å². The summed E-state index contributed by atoms with van der Waals surface area (Å²) in [7, 11) is -1.54. The number of hydrogen-bond donors (Lipinski definition) is 0. The molecule has 7 rings (SSSR count). The molecule has 0 bridgehead atoms. The zero-order valence-corrected chi connectivity index (χ0v) is 24.3. The molecule has 0 saturated carbocycles. The summed E-state index contributed by atoms with van der Waals surface area (Å²) in [6.45, 7) is 7.32. The zero-order valence-electron chi connectivity index (χ0n) is 23.3. The van der Waals surface area contributed by atoms with E-state index in [2.05, 4.69) is 159 Å². The van der Waals surface area contributed by atoms with Crippen LogP contribution in [0, 0.1) is 0 Å². The van der Waals surface area contributed by atoms with Crippen molar-refractivity contribution in [3.63, 3.8) is 0 Å². The largest absolute Gasteiger partial charge is 0.0776 e. The fourth-order valence-corrected chi connectivity index (χ4v) is 7.31. The predicted octanol–water partition coefficient (Wildman–Crippen LogP) is 10.7. The van der Waals surface area contributed by atoms with Gasteiger partial charge in [-0.1, -0.05) is 164 Å². The van der Waals surface area contributed by atoms with E-state index in [1.54, 1.807) is 0 Å². The van der Waals surface area contributed by atoms with Crippen molar-refractivity contribution in [2.75, 3.05) is 0 Å². The Bertz CT molecular complexity index is 2000. The normalized spacial score (nSPS) is 11.9. The Morgan fingerprint density at radius 3 is 1.65 bits per heavy atom. The highest BCUT2D eigenvalue weighted by atomic mass is 28.3. The average Bonchev–Trinajstić information content (AvgIpc) is 2.99. The molecule has 0 spiro atoms. The monoisotopic (exact) mass is 528 g/mol. The first-order valence-corrected chi connectivity index (χ1v) is 17.6. The van der Waals surface area contributed by atoms with Crippen LogP contribution in [0.2, 0.25) is 19.6 Å². The van der Waals surface area contributed by atoms with Crippen molar-refractivity contribution in [1.29, 1.82) is 0 Å². The molecule has 0 saturated heterocycles. The minimum Gasteiger partial charge on any atom is -0.0656 e. The quantitative estimate of drug-likeness (QED) is 0.157. The van der Waals surface area contributed by atoms with Gasteiger partial charge in [-0.25, -0.2) is 0 Å². The van der Waals surface area contributed by atoms with Crippen LogP contribution in [-0.4, -0.2) is 8.07 Å². The Morgan fingerprint density at radius 2 is 0.925 bits per heavy atom. The standard InChI is InChI=1S/C39H32Si/c1-40(2,3)31-24-25-36-37(26-31)39(33-19-11-15-29-14-7-8-16-32(29)33)35-18-10-9-17-34(35)38(36)30-22-20-28(21-23-30)27-12-5-4-6-13-27/h4-26H,1-3H3. The van der Waals surface area contributed by atoms with E-state index in [1.807, 2.05) is 0 Å². The molecule has 0 N–H and O–H groups in total. The van der Waals surface area contributed by atoms with Gasteiger partial charge < -0.3 is 0 Å². The lowest BCUT2D eigenvalue weighted by Crippen LogP contribution is -2.37. The van der Waals surface area contributed by atoms with Crippen LogP contribution in [0.4, 0.5) is 0 Å². The summed E-state index contributed by atoms with van der Waals surface area (Å²) < 4.78 is 0. The van der Waals surface area contributed by atoms with E-state index in [0.717, 1.165) is 0 Å². The molecule has 0 aliphatic carbocycles. The van der Waals surface area contributed by atoms with Crippen LogP contribution in [0.15, 0.2) is 140 Å². The molecule has 0 nitrogen and oxygen atoms in total. The maximum absolute atomic E-state index is 2.51. The number of hydrogen-bond acceptors (Lipinski definition) is 0. The van der Waals surface area contributed by atoms with E-state index in [1.165, 1.54) is 70.9 Å². The molecule has 0 aliphatic heterocycles. The highest BCUT2D eigenvalue weighted by molar-refractivity contribution is 6.88. The summed E-state index contributed by atoms with van der Waals surface area (Å²) in [6.07, 6.45) is 0. The Kier molecular flexibility index (Phi) is 5.91. The SMILES string of the molecule is C[Si](C)(C)c1ccc2c(-c3ccc(-c4ccccc4)cc3)c3ccccc3c(-c3cccc4ccccc34)c2c1. The van der Waals surface area contributed by atoms with Gasteiger partial charge in [0, 0.05) is 0 Å². The van der Waals surface area contributed by atoms with Gasteiger partial charge in [0.1, 0.15) is 0 Å². The fraction of sp³-hybridized carbons (Fsp3) is 0.0769. The van der Waals surface area contributed by atoms with Gasteiger partial charge in [0.15, 0.2) is 0 Å². The summed E-state index contributed by atoms with van der Waals surface area (Å²) >= 11 is 0. The van der Waals surface area contributed by atoms with Crippen molar-refractivity contribution >= 4 is 45.6 Å². The Hall–Kier alpha value is -4.46. The maximum atomic E-state index is 2.51. The summed E-state index contributed by atoms with van der Waals surface area (Å²) in [5.41, 5.74) is 7.70. The van der Waals surface area contributed by atoms with Crippen LogP contribution < -0.4 is 5.19 Å². The first-order valence-electron chi connectivity index (χ1n) is 14.1. The first-order chi connectivity index (χ1) is 19.5. The Balaban J connectivity index is 1.58. The van der Waals surface area contributed by atoms with Crippen LogP contribution >= 0.6 is 0 Å². The molecular formula is C39H32Si. The highest BCUT2D eigenvalue weighted by Crippen LogP contribution is 2.45. The summed E-state index contributed by atoms with van der Waals surface area (Å²) in [5.74, 6) is 0. The second-order valence-corrected chi connectivity index (χ2v) is 16.9. The van der Waals surface area contributed by atoms with Gasteiger partial charge in [0.05, 0.1) is 8.07 Å². The predicted molar refractivity (Wildman–Crippen MR) is 178 cm³/mol. The highest BCUT2D eigenvalue weighted by Gasteiger charge is 2.22. The van der Waals surface area contributed by atoms with Crippen molar-refractivity contribution in [2.24, 2.45) is 0 Å². The maximum Gasteiger partial charge on any atom is 0.0776 e.